The minimum absolute atomic E-state index is 0.0429. The first-order valence-electron chi connectivity index (χ1n) is 8.59. The van der Waals surface area contributed by atoms with Gasteiger partial charge in [0.05, 0.1) is 4.90 Å². The highest BCUT2D eigenvalue weighted by molar-refractivity contribution is 7.89. The molecule has 0 amide bonds. The molecule has 0 unspecified atom stereocenters. The van der Waals surface area contributed by atoms with Crippen molar-refractivity contribution in [1.29, 1.82) is 0 Å². The maximum atomic E-state index is 12.7. The number of sulfonamides is 1. The predicted octanol–water partition coefficient (Wildman–Crippen LogP) is 2.77. The lowest BCUT2D eigenvalue weighted by molar-refractivity contribution is -0.151. The van der Waals surface area contributed by atoms with Crippen molar-refractivity contribution in [3.63, 3.8) is 0 Å². The van der Waals surface area contributed by atoms with Gasteiger partial charge in [-0.25, -0.2) is 13.2 Å². The van der Waals surface area contributed by atoms with E-state index in [2.05, 4.69) is 4.72 Å². The standard InChI is InChI=1S/C19H22N2O4S/c20-15-10-12-17(13-11-15)26(23,24)21-18(14-6-2-1-3-7-14)19(22)25-16-8-4-5-9-16/h1-3,6-7,10-13,16,18,21H,4-5,8-9,20H2/t18-/m0/s1. The van der Waals surface area contributed by atoms with Crippen molar-refractivity contribution < 1.29 is 17.9 Å². The van der Waals surface area contributed by atoms with Gasteiger partial charge in [-0.3, -0.25) is 0 Å². The summed E-state index contributed by atoms with van der Waals surface area (Å²) >= 11 is 0. The Morgan fingerprint density at radius 3 is 2.27 bits per heavy atom. The lowest BCUT2D eigenvalue weighted by atomic mass is 10.1. The molecule has 0 radical (unpaired) electrons. The summed E-state index contributed by atoms with van der Waals surface area (Å²) in [4.78, 5) is 12.7. The van der Waals surface area contributed by atoms with Gasteiger partial charge < -0.3 is 10.5 Å². The molecule has 138 valence electrons. The van der Waals surface area contributed by atoms with Gasteiger partial charge in [-0.05, 0) is 55.5 Å². The van der Waals surface area contributed by atoms with Crippen molar-refractivity contribution in [2.24, 2.45) is 0 Å². The second-order valence-corrected chi connectivity index (χ2v) is 8.09. The molecule has 2 aromatic rings. The molecule has 3 N–H and O–H groups in total. The number of esters is 1. The van der Waals surface area contributed by atoms with Crippen LogP contribution in [0, 0.1) is 0 Å². The third kappa shape index (κ3) is 4.42. The normalized spacial score (nSPS) is 16.3. The number of nitrogens with one attached hydrogen (secondary N) is 1. The largest absolute Gasteiger partial charge is 0.461 e. The Hall–Kier alpha value is -2.38. The van der Waals surface area contributed by atoms with Gasteiger partial charge in [0, 0.05) is 5.69 Å². The van der Waals surface area contributed by atoms with Gasteiger partial charge in [-0.1, -0.05) is 30.3 Å². The molecule has 26 heavy (non-hydrogen) atoms. The van der Waals surface area contributed by atoms with E-state index in [1.54, 1.807) is 30.3 Å². The summed E-state index contributed by atoms with van der Waals surface area (Å²) in [6.45, 7) is 0. The first kappa shape index (κ1) is 18.4. The first-order chi connectivity index (χ1) is 12.5. The summed E-state index contributed by atoms with van der Waals surface area (Å²) in [5.41, 5.74) is 6.61. The second kappa shape index (κ2) is 7.88. The van der Waals surface area contributed by atoms with Crippen molar-refractivity contribution in [2.75, 3.05) is 5.73 Å². The molecule has 0 saturated heterocycles. The molecule has 3 rings (SSSR count). The van der Waals surface area contributed by atoms with Crippen molar-refractivity contribution in [2.45, 2.75) is 42.7 Å². The van der Waals surface area contributed by atoms with Gasteiger partial charge in [0.1, 0.15) is 12.1 Å². The Balaban J connectivity index is 1.85. The van der Waals surface area contributed by atoms with Crippen LogP contribution in [0.1, 0.15) is 37.3 Å². The van der Waals surface area contributed by atoms with Gasteiger partial charge in [0.15, 0.2) is 0 Å². The van der Waals surface area contributed by atoms with Crippen molar-refractivity contribution in [3.8, 4) is 0 Å². The smallest absolute Gasteiger partial charge is 0.329 e. The number of nitrogen functional groups attached to an aromatic ring is 1. The summed E-state index contributed by atoms with van der Waals surface area (Å²) < 4.78 is 33.4. The van der Waals surface area contributed by atoms with Crippen LogP contribution in [0.3, 0.4) is 0 Å². The zero-order valence-electron chi connectivity index (χ0n) is 14.3. The number of carbonyl (C=O) groups excluding carboxylic acids is 1. The molecule has 1 aliphatic rings. The predicted molar refractivity (Wildman–Crippen MR) is 98.7 cm³/mol. The Morgan fingerprint density at radius 2 is 1.65 bits per heavy atom. The van der Waals surface area contributed by atoms with Gasteiger partial charge in [-0.2, -0.15) is 4.72 Å². The van der Waals surface area contributed by atoms with Crippen molar-refractivity contribution >= 4 is 21.7 Å². The van der Waals surface area contributed by atoms with E-state index in [1.807, 2.05) is 0 Å². The zero-order valence-corrected chi connectivity index (χ0v) is 15.1. The fourth-order valence-electron chi connectivity index (χ4n) is 3.01. The molecule has 1 aliphatic carbocycles. The molecule has 0 aliphatic heterocycles. The molecular formula is C19H22N2O4S. The highest BCUT2D eigenvalue weighted by Gasteiger charge is 2.31. The third-order valence-electron chi connectivity index (χ3n) is 4.42. The molecule has 0 heterocycles. The maximum absolute atomic E-state index is 12.7. The van der Waals surface area contributed by atoms with E-state index < -0.39 is 22.0 Å². The monoisotopic (exact) mass is 374 g/mol. The topological polar surface area (TPSA) is 98.5 Å². The maximum Gasteiger partial charge on any atom is 0.329 e. The fourth-order valence-corrected chi connectivity index (χ4v) is 4.18. The van der Waals surface area contributed by atoms with Crippen molar-refractivity contribution in [3.05, 3.63) is 60.2 Å². The molecule has 2 aromatic carbocycles. The number of hydrogen-bond acceptors (Lipinski definition) is 5. The number of rotatable bonds is 6. The molecule has 1 fully saturated rings. The Kier molecular flexibility index (Phi) is 5.58. The van der Waals surface area contributed by atoms with E-state index in [4.69, 9.17) is 10.5 Å². The highest BCUT2D eigenvalue weighted by Crippen LogP contribution is 2.25. The lowest BCUT2D eigenvalue weighted by Crippen LogP contribution is -2.36. The number of benzene rings is 2. The van der Waals surface area contributed by atoms with Gasteiger partial charge in [0.2, 0.25) is 10.0 Å². The minimum Gasteiger partial charge on any atom is -0.461 e. The number of nitrogens with two attached hydrogens (primary N) is 1. The van der Waals surface area contributed by atoms with Gasteiger partial charge >= 0.3 is 5.97 Å². The SMILES string of the molecule is Nc1ccc(S(=O)(=O)N[C@H](C(=O)OC2CCCC2)c2ccccc2)cc1. The molecule has 1 atom stereocenters. The average molecular weight is 374 g/mol. The number of ether oxygens (including phenoxy) is 1. The van der Waals surface area contributed by atoms with E-state index in [9.17, 15) is 13.2 Å². The Bertz CT molecular complexity index is 845. The van der Waals surface area contributed by atoms with Crippen LogP contribution in [0.2, 0.25) is 0 Å². The fraction of sp³-hybridized carbons (Fsp3) is 0.316. The quantitative estimate of drug-likeness (QED) is 0.598. The van der Waals surface area contributed by atoms with Crippen LogP contribution in [0.25, 0.3) is 0 Å². The van der Waals surface area contributed by atoms with E-state index in [0.717, 1.165) is 25.7 Å². The van der Waals surface area contributed by atoms with Crippen LogP contribution in [-0.4, -0.2) is 20.5 Å². The van der Waals surface area contributed by atoms with E-state index in [-0.39, 0.29) is 11.0 Å². The molecule has 6 nitrogen and oxygen atoms in total. The zero-order chi connectivity index (χ0) is 18.6. The Morgan fingerprint density at radius 1 is 1.04 bits per heavy atom. The molecule has 1 saturated carbocycles. The summed E-state index contributed by atoms with van der Waals surface area (Å²) in [5.74, 6) is -0.581. The van der Waals surface area contributed by atoms with Crippen molar-refractivity contribution in [1.82, 2.24) is 4.72 Å². The second-order valence-electron chi connectivity index (χ2n) is 6.38. The molecule has 0 spiro atoms. The molecular weight excluding hydrogens is 352 g/mol. The van der Waals surface area contributed by atoms with Crippen LogP contribution in [0.5, 0.6) is 0 Å². The highest BCUT2D eigenvalue weighted by atomic mass is 32.2. The molecule has 0 bridgehead atoms. The average Bonchev–Trinajstić information content (AvgIpc) is 3.14. The summed E-state index contributed by atoms with van der Waals surface area (Å²) in [6.07, 6.45) is 3.53. The van der Waals surface area contributed by atoms with E-state index >= 15 is 0 Å². The third-order valence-corrected chi connectivity index (χ3v) is 5.86. The van der Waals surface area contributed by atoms with Crippen LogP contribution >= 0.6 is 0 Å². The minimum atomic E-state index is -3.91. The number of anilines is 1. The summed E-state index contributed by atoms with van der Waals surface area (Å²) in [7, 11) is -3.91. The Labute approximate surface area is 153 Å². The summed E-state index contributed by atoms with van der Waals surface area (Å²) in [6, 6.07) is 13.4. The summed E-state index contributed by atoms with van der Waals surface area (Å²) in [5, 5.41) is 0. The van der Waals surface area contributed by atoms with Crippen LogP contribution in [-0.2, 0) is 19.6 Å². The lowest BCUT2D eigenvalue weighted by Gasteiger charge is -2.20. The van der Waals surface area contributed by atoms with Gasteiger partial charge in [0.25, 0.3) is 0 Å². The van der Waals surface area contributed by atoms with E-state index in [1.165, 1.54) is 24.3 Å². The van der Waals surface area contributed by atoms with Crippen LogP contribution in [0.15, 0.2) is 59.5 Å². The van der Waals surface area contributed by atoms with Crippen LogP contribution < -0.4 is 10.5 Å². The van der Waals surface area contributed by atoms with Gasteiger partial charge in [-0.15, -0.1) is 0 Å². The van der Waals surface area contributed by atoms with E-state index in [0.29, 0.717) is 11.3 Å². The molecule has 0 aromatic heterocycles. The number of hydrogen-bond donors (Lipinski definition) is 2. The number of carbonyl (C=O) groups is 1. The molecule has 7 heteroatoms. The van der Waals surface area contributed by atoms with Crippen LogP contribution in [0.4, 0.5) is 5.69 Å². The first-order valence-corrected chi connectivity index (χ1v) is 10.1.